The molecule has 0 bridgehead atoms. The predicted octanol–water partition coefficient (Wildman–Crippen LogP) is 3.18. The number of carbonyl (C=O) groups is 2. The number of hydrogen-bond donors (Lipinski definition) is 2. The second kappa shape index (κ2) is 9.42. The second-order valence-corrected chi connectivity index (χ2v) is 5.57. The number of nitrogens with one attached hydrogen (secondary N) is 1. The van der Waals surface area contributed by atoms with Crippen LogP contribution in [0, 0.1) is 0 Å². The standard InChI is InChI=1S/C15H21NO3S/c1-2-12-7-3-4-8-13(12)16-14(17)11-20-10-6-5-9-15(18)19/h3-4,7-8H,2,5-6,9-11H2,1H3,(H,16,17)(H,18,19). The van der Waals surface area contributed by atoms with Crippen LogP contribution >= 0.6 is 11.8 Å². The van der Waals surface area contributed by atoms with Crippen molar-refractivity contribution in [3.8, 4) is 0 Å². The lowest BCUT2D eigenvalue weighted by Crippen LogP contribution is -2.15. The number of aliphatic carboxylic acids is 1. The lowest BCUT2D eigenvalue weighted by Gasteiger charge is -2.09. The molecule has 0 aliphatic rings. The average Bonchev–Trinajstić information content (AvgIpc) is 2.43. The Morgan fingerprint density at radius 1 is 1.25 bits per heavy atom. The van der Waals surface area contributed by atoms with Gasteiger partial charge >= 0.3 is 5.97 Å². The van der Waals surface area contributed by atoms with Crippen molar-refractivity contribution in [2.75, 3.05) is 16.8 Å². The molecule has 0 spiro atoms. The molecule has 0 saturated carbocycles. The van der Waals surface area contributed by atoms with Crippen LogP contribution in [0.5, 0.6) is 0 Å². The van der Waals surface area contributed by atoms with E-state index >= 15 is 0 Å². The van der Waals surface area contributed by atoms with Crippen molar-refractivity contribution in [3.05, 3.63) is 29.8 Å². The molecule has 1 rings (SSSR count). The van der Waals surface area contributed by atoms with Crippen LogP contribution in [0.3, 0.4) is 0 Å². The van der Waals surface area contributed by atoms with Crippen molar-refractivity contribution in [1.29, 1.82) is 0 Å². The summed E-state index contributed by atoms with van der Waals surface area (Å²) in [6.45, 7) is 2.06. The maximum atomic E-state index is 11.8. The normalized spacial score (nSPS) is 10.2. The molecule has 0 unspecified atom stereocenters. The number of carbonyl (C=O) groups excluding carboxylic acids is 1. The van der Waals surface area contributed by atoms with Gasteiger partial charge in [0.2, 0.25) is 5.91 Å². The minimum Gasteiger partial charge on any atom is -0.481 e. The Balaban J connectivity index is 2.22. The highest BCUT2D eigenvalue weighted by molar-refractivity contribution is 7.99. The largest absolute Gasteiger partial charge is 0.481 e. The van der Waals surface area contributed by atoms with E-state index in [9.17, 15) is 9.59 Å². The molecular formula is C15H21NO3S. The molecule has 0 aliphatic carbocycles. The van der Waals surface area contributed by atoms with Gasteiger partial charge in [-0.15, -0.1) is 0 Å². The third-order valence-electron chi connectivity index (χ3n) is 2.83. The molecule has 0 saturated heterocycles. The van der Waals surface area contributed by atoms with Crippen molar-refractivity contribution in [3.63, 3.8) is 0 Å². The number of carboxylic acid groups (broad SMARTS) is 1. The first-order valence-electron chi connectivity index (χ1n) is 6.80. The molecule has 110 valence electrons. The van der Waals surface area contributed by atoms with Gasteiger partial charge in [-0.05, 0) is 36.6 Å². The molecule has 1 amide bonds. The van der Waals surface area contributed by atoms with E-state index in [-0.39, 0.29) is 12.3 Å². The molecule has 0 aliphatic heterocycles. The van der Waals surface area contributed by atoms with Gasteiger partial charge in [-0.25, -0.2) is 0 Å². The predicted molar refractivity (Wildman–Crippen MR) is 83.3 cm³/mol. The van der Waals surface area contributed by atoms with Gasteiger partial charge in [0.15, 0.2) is 0 Å². The average molecular weight is 295 g/mol. The first kappa shape index (κ1) is 16.6. The van der Waals surface area contributed by atoms with E-state index in [1.165, 1.54) is 0 Å². The van der Waals surface area contributed by atoms with Gasteiger partial charge in [0.25, 0.3) is 0 Å². The molecule has 0 heterocycles. The third kappa shape index (κ3) is 6.61. The summed E-state index contributed by atoms with van der Waals surface area (Å²) in [6.07, 6.45) is 2.59. The second-order valence-electron chi connectivity index (χ2n) is 4.46. The molecular weight excluding hydrogens is 274 g/mol. The summed E-state index contributed by atoms with van der Waals surface area (Å²) >= 11 is 1.54. The van der Waals surface area contributed by atoms with E-state index in [0.29, 0.717) is 12.2 Å². The summed E-state index contributed by atoms with van der Waals surface area (Å²) in [4.78, 5) is 22.1. The molecule has 0 radical (unpaired) electrons. The Kier molecular flexibility index (Phi) is 7.80. The fourth-order valence-corrected chi connectivity index (χ4v) is 2.59. The van der Waals surface area contributed by atoms with Gasteiger partial charge in [-0.2, -0.15) is 11.8 Å². The van der Waals surface area contributed by atoms with Gasteiger partial charge in [0.1, 0.15) is 0 Å². The van der Waals surface area contributed by atoms with Crippen molar-refractivity contribution in [2.24, 2.45) is 0 Å². The van der Waals surface area contributed by atoms with E-state index in [2.05, 4.69) is 12.2 Å². The number of anilines is 1. The minimum atomic E-state index is -0.760. The van der Waals surface area contributed by atoms with Crippen molar-refractivity contribution in [2.45, 2.75) is 32.6 Å². The lowest BCUT2D eigenvalue weighted by atomic mass is 10.1. The van der Waals surface area contributed by atoms with Crippen LogP contribution < -0.4 is 5.32 Å². The van der Waals surface area contributed by atoms with Crippen LogP contribution in [0.2, 0.25) is 0 Å². The molecule has 0 aromatic heterocycles. The maximum Gasteiger partial charge on any atom is 0.303 e. The monoisotopic (exact) mass is 295 g/mol. The molecule has 1 aromatic carbocycles. The first-order chi connectivity index (χ1) is 9.63. The highest BCUT2D eigenvalue weighted by atomic mass is 32.2. The number of unbranched alkanes of at least 4 members (excludes halogenated alkanes) is 1. The van der Waals surface area contributed by atoms with Gasteiger partial charge in [0, 0.05) is 12.1 Å². The van der Waals surface area contributed by atoms with Crippen molar-refractivity contribution in [1.82, 2.24) is 0 Å². The number of carboxylic acids is 1. The quantitative estimate of drug-likeness (QED) is 0.687. The topological polar surface area (TPSA) is 66.4 Å². The Morgan fingerprint density at radius 2 is 2.00 bits per heavy atom. The van der Waals surface area contributed by atoms with E-state index in [1.54, 1.807) is 11.8 Å². The van der Waals surface area contributed by atoms with Gasteiger partial charge in [-0.3, -0.25) is 9.59 Å². The van der Waals surface area contributed by atoms with Gasteiger partial charge in [-0.1, -0.05) is 25.1 Å². The Labute approximate surface area is 124 Å². The molecule has 2 N–H and O–H groups in total. The number of benzene rings is 1. The number of amides is 1. The minimum absolute atomic E-state index is 0.00543. The fraction of sp³-hybridized carbons (Fsp3) is 0.467. The molecule has 0 fully saturated rings. The third-order valence-corrected chi connectivity index (χ3v) is 3.88. The summed E-state index contributed by atoms with van der Waals surface area (Å²) < 4.78 is 0. The number of hydrogen-bond acceptors (Lipinski definition) is 3. The van der Waals surface area contributed by atoms with Crippen LogP contribution in [0.25, 0.3) is 0 Å². The van der Waals surface area contributed by atoms with E-state index in [4.69, 9.17) is 5.11 Å². The van der Waals surface area contributed by atoms with E-state index in [1.807, 2.05) is 24.3 Å². The van der Waals surface area contributed by atoms with E-state index in [0.717, 1.165) is 29.8 Å². The first-order valence-corrected chi connectivity index (χ1v) is 7.96. The van der Waals surface area contributed by atoms with Gasteiger partial charge < -0.3 is 10.4 Å². The van der Waals surface area contributed by atoms with Crippen LogP contribution in [0.15, 0.2) is 24.3 Å². The number of rotatable bonds is 9. The zero-order valence-corrected chi connectivity index (χ0v) is 12.5. The van der Waals surface area contributed by atoms with Crippen LogP contribution in [0.4, 0.5) is 5.69 Å². The molecule has 5 heteroatoms. The van der Waals surface area contributed by atoms with Gasteiger partial charge in [0.05, 0.1) is 5.75 Å². The smallest absolute Gasteiger partial charge is 0.303 e. The van der Waals surface area contributed by atoms with Crippen LogP contribution in [-0.4, -0.2) is 28.5 Å². The number of aryl methyl sites for hydroxylation is 1. The highest BCUT2D eigenvalue weighted by Gasteiger charge is 2.05. The maximum absolute atomic E-state index is 11.8. The summed E-state index contributed by atoms with van der Waals surface area (Å²) in [5.41, 5.74) is 2.01. The van der Waals surface area contributed by atoms with Crippen molar-refractivity contribution < 1.29 is 14.7 Å². The molecule has 4 nitrogen and oxygen atoms in total. The summed E-state index contributed by atoms with van der Waals surface area (Å²) in [7, 11) is 0. The summed E-state index contributed by atoms with van der Waals surface area (Å²) in [5, 5.41) is 11.4. The SMILES string of the molecule is CCc1ccccc1NC(=O)CSCCCCC(=O)O. The number of thioether (sulfide) groups is 1. The summed E-state index contributed by atoms with van der Waals surface area (Å²) in [5.74, 6) is 0.458. The molecule has 1 aromatic rings. The Hall–Kier alpha value is -1.49. The Bertz CT molecular complexity index is 448. The van der Waals surface area contributed by atoms with Crippen LogP contribution in [-0.2, 0) is 16.0 Å². The lowest BCUT2D eigenvalue weighted by molar-refractivity contribution is -0.137. The fourth-order valence-electron chi connectivity index (χ4n) is 1.78. The molecule has 20 heavy (non-hydrogen) atoms. The highest BCUT2D eigenvalue weighted by Crippen LogP contribution is 2.16. The summed E-state index contributed by atoms with van der Waals surface area (Å²) in [6, 6.07) is 7.79. The Morgan fingerprint density at radius 3 is 2.70 bits per heavy atom. The van der Waals surface area contributed by atoms with Crippen molar-refractivity contribution >= 4 is 29.3 Å². The van der Waals surface area contributed by atoms with Crippen LogP contribution in [0.1, 0.15) is 31.7 Å². The zero-order valence-electron chi connectivity index (χ0n) is 11.7. The number of para-hydroxylation sites is 1. The zero-order chi connectivity index (χ0) is 14.8. The molecule has 0 atom stereocenters. The van der Waals surface area contributed by atoms with E-state index < -0.39 is 5.97 Å².